The van der Waals surface area contributed by atoms with E-state index in [9.17, 15) is 9.59 Å². The molecule has 108 valence electrons. The van der Waals surface area contributed by atoms with Crippen molar-refractivity contribution in [3.05, 3.63) is 62.3 Å². The van der Waals surface area contributed by atoms with Crippen molar-refractivity contribution in [3.8, 4) is 0 Å². The second kappa shape index (κ2) is 7.19. The Bertz CT molecular complexity index is 694. The van der Waals surface area contributed by atoms with Crippen LogP contribution in [0.15, 0.2) is 46.3 Å². The van der Waals surface area contributed by atoms with Crippen molar-refractivity contribution in [3.63, 3.8) is 0 Å². The van der Waals surface area contributed by atoms with Crippen LogP contribution >= 0.6 is 27.3 Å². The van der Waals surface area contributed by atoms with Gasteiger partial charge in [-0.15, -0.1) is 11.3 Å². The molecule has 0 unspecified atom stereocenters. The van der Waals surface area contributed by atoms with Gasteiger partial charge in [0.25, 0.3) is 11.8 Å². The summed E-state index contributed by atoms with van der Waals surface area (Å²) in [7, 11) is 0. The lowest BCUT2D eigenvalue weighted by Crippen LogP contribution is -2.41. The van der Waals surface area contributed by atoms with E-state index in [1.54, 1.807) is 18.2 Å². The largest absolute Gasteiger partial charge is 0.269 e. The Hall–Kier alpha value is -1.92. The van der Waals surface area contributed by atoms with E-state index in [1.165, 1.54) is 17.4 Å². The van der Waals surface area contributed by atoms with Gasteiger partial charge in [-0.05, 0) is 52.7 Å². The van der Waals surface area contributed by atoms with E-state index in [-0.39, 0.29) is 11.8 Å². The van der Waals surface area contributed by atoms with E-state index >= 15 is 0 Å². The monoisotopic (exact) mass is 364 g/mol. The van der Waals surface area contributed by atoms with Gasteiger partial charge in [0.05, 0.1) is 3.79 Å². The topological polar surface area (TPSA) is 58.2 Å². The normalized spacial score (nSPS) is 10.6. The van der Waals surface area contributed by atoms with Crippen LogP contribution in [0.4, 0.5) is 0 Å². The second-order valence-electron chi connectivity index (χ2n) is 4.23. The maximum absolute atomic E-state index is 11.9. The molecule has 0 fully saturated rings. The molecule has 0 aliphatic heterocycles. The SMILES string of the molecule is Cc1ccccc1C(=O)NNC(=O)/C=C/c1ccc(Br)s1. The highest BCUT2D eigenvalue weighted by Crippen LogP contribution is 2.22. The van der Waals surface area contributed by atoms with Gasteiger partial charge in [-0.1, -0.05) is 18.2 Å². The molecular weight excluding hydrogens is 352 g/mol. The zero-order valence-corrected chi connectivity index (χ0v) is 13.6. The highest BCUT2D eigenvalue weighted by molar-refractivity contribution is 9.11. The first-order valence-corrected chi connectivity index (χ1v) is 7.76. The number of carbonyl (C=O) groups is 2. The van der Waals surface area contributed by atoms with Crippen LogP contribution in [0.1, 0.15) is 20.8 Å². The summed E-state index contributed by atoms with van der Waals surface area (Å²) in [6.45, 7) is 1.84. The summed E-state index contributed by atoms with van der Waals surface area (Å²) in [4.78, 5) is 24.5. The summed E-state index contributed by atoms with van der Waals surface area (Å²) in [5.74, 6) is -0.727. The average Bonchev–Trinajstić information content (AvgIpc) is 2.89. The lowest BCUT2D eigenvalue weighted by molar-refractivity contribution is -0.117. The Morgan fingerprint density at radius 3 is 2.57 bits per heavy atom. The minimum Gasteiger partial charge on any atom is -0.268 e. The molecule has 2 rings (SSSR count). The summed E-state index contributed by atoms with van der Waals surface area (Å²) in [6.07, 6.45) is 3.06. The predicted octanol–water partition coefficient (Wildman–Crippen LogP) is 3.29. The van der Waals surface area contributed by atoms with Crippen LogP contribution in [0.2, 0.25) is 0 Å². The molecule has 0 radical (unpaired) electrons. The van der Waals surface area contributed by atoms with Gasteiger partial charge in [0.2, 0.25) is 0 Å². The summed E-state index contributed by atoms with van der Waals surface area (Å²) < 4.78 is 0.996. The Balaban J connectivity index is 1.88. The van der Waals surface area contributed by atoms with Gasteiger partial charge in [0.1, 0.15) is 0 Å². The molecule has 0 bridgehead atoms. The van der Waals surface area contributed by atoms with E-state index in [4.69, 9.17) is 0 Å². The van der Waals surface area contributed by atoms with E-state index in [2.05, 4.69) is 26.8 Å². The highest BCUT2D eigenvalue weighted by Gasteiger charge is 2.08. The second-order valence-corrected chi connectivity index (χ2v) is 6.73. The maximum Gasteiger partial charge on any atom is 0.269 e. The zero-order chi connectivity index (χ0) is 15.2. The first-order valence-electron chi connectivity index (χ1n) is 6.15. The molecule has 1 aromatic heterocycles. The molecule has 2 N–H and O–H groups in total. The van der Waals surface area contributed by atoms with Crippen molar-refractivity contribution in [2.75, 3.05) is 0 Å². The summed E-state index contributed by atoms with van der Waals surface area (Å²) >= 11 is 4.86. The van der Waals surface area contributed by atoms with E-state index in [0.717, 1.165) is 14.2 Å². The summed E-state index contributed by atoms with van der Waals surface area (Å²) in [6, 6.07) is 11.0. The number of thiophene rings is 1. The molecule has 2 amide bonds. The molecule has 0 atom stereocenters. The highest BCUT2D eigenvalue weighted by atomic mass is 79.9. The van der Waals surface area contributed by atoms with Gasteiger partial charge in [-0.25, -0.2) is 0 Å². The van der Waals surface area contributed by atoms with Gasteiger partial charge in [-0.2, -0.15) is 0 Å². The lowest BCUT2D eigenvalue weighted by atomic mass is 10.1. The van der Waals surface area contributed by atoms with Crippen LogP contribution in [-0.4, -0.2) is 11.8 Å². The third-order valence-electron chi connectivity index (χ3n) is 2.68. The van der Waals surface area contributed by atoms with E-state index < -0.39 is 0 Å². The first kappa shape index (κ1) is 15.5. The van der Waals surface area contributed by atoms with Crippen LogP contribution in [0.25, 0.3) is 6.08 Å². The van der Waals surface area contributed by atoms with Gasteiger partial charge in [-0.3, -0.25) is 20.4 Å². The molecule has 0 aliphatic rings. The number of amides is 2. The van der Waals surface area contributed by atoms with Crippen molar-refractivity contribution < 1.29 is 9.59 Å². The molecule has 0 aliphatic carbocycles. The quantitative estimate of drug-likeness (QED) is 0.648. The molecule has 0 saturated carbocycles. The minimum absolute atomic E-state index is 0.339. The average molecular weight is 365 g/mol. The number of rotatable bonds is 3. The van der Waals surface area contributed by atoms with Gasteiger partial charge < -0.3 is 0 Å². The molecule has 1 heterocycles. The third-order valence-corrected chi connectivity index (χ3v) is 4.27. The molecule has 0 saturated heterocycles. The van der Waals surface area contributed by atoms with Crippen molar-refractivity contribution in [1.82, 2.24) is 10.9 Å². The van der Waals surface area contributed by atoms with Crippen molar-refractivity contribution in [1.29, 1.82) is 0 Å². The Labute approximate surface area is 135 Å². The molecule has 6 heteroatoms. The van der Waals surface area contributed by atoms with E-state index in [0.29, 0.717) is 5.56 Å². The fourth-order valence-electron chi connectivity index (χ4n) is 1.63. The van der Waals surface area contributed by atoms with Crippen LogP contribution in [-0.2, 0) is 4.79 Å². The number of carbonyl (C=O) groups excluding carboxylic acids is 2. The number of benzene rings is 1. The number of aryl methyl sites for hydroxylation is 1. The fraction of sp³-hybridized carbons (Fsp3) is 0.0667. The molecule has 4 nitrogen and oxygen atoms in total. The molecule has 1 aromatic carbocycles. The van der Waals surface area contributed by atoms with E-state index in [1.807, 2.05) is 31.2 Å². The minimum atomic E-state index is -0.388. The fourth-order valence-corrected chi connectivity index (χ4v) is 2.96. The zero-order valence-electron chi connectivity index (χ0n) is 11.2. The van der Waals surface area contributed by atoms with Crippen LogP contribution < -0.4 is 10.9 Å². The molecule has 0 spiro atoms. The molecule has 2 aromatic rings. The smallest absolute Gasteiger partial charge is 0.268 e. The van der Waals surface area contributed by atoms with Crippen LogP contribution in [0, 0.1) is 6.92 Å². The van der Waals surface area contributed by atoms with Crippen LogP contribution in [0.3, 0.4) is 0 Å². The van der Waals surface area contributed by atoms with Crippen molar-refractivity contribution in [2.45, 2.75) is 6.92 Å². The van der Waals surface area contributed by atoms with Gasteiger partial charge in [0.15, 0.2) is 0 Å². The van der Waals surface area contributed by atoms with Crippen molar-refractivity contribution >= 4 is 45.2 Å². The third kappa shape index (κ3) is 4.54. The lowest BCUT2D eigenvalue weighted by Gasteiger charge is -2.07. The first-order chi connectivity index (χ1) is 10.1. The number of halogens is 1. The van der Waals surface area contributed by atoms with Gasteiger partial charge in [0, 0.05) is 16.5 Å². The Morgan fingerprint density at radius 1 is 1.14 bits per heavy atom. The van der Waals surface area contributed by atoms with Gasteiger partial charge >= 0.3 is 0 Å². The molecule has 21 heavy (non-hydrogen) atoms. The number of nitrogens with one attached hydrogen (secondary N) is 2. The summed E-state index contributed by atoms with van der Waals surface area (Å²) in [5.41, 5.74) is 6.12. The standard InChI is InChI=1S/C15H13BrN2O2S/c1-10-4-2-3-5-12(10)15(20)18-17-14(19)9-7-11-6-8-13(16)21-11/h2-9H,1H3,(H,17,19)(H,18,20)/b9-7+. The Morgan fingerprint density at radius 2 is 1.90 bits per heavy atom. The van der Waals surface area contributed by atoms with Crippen molar-refractivity contribution in [2.24, 2.45) is 0 Å². The van der Waals surface area contributed by atoms with Crippen LogP contribution in [0.5, 0.6) is 0 Å². The number of hydrogen-bond acceptors (Lipinski definition) is 3. The number of hydrazine groups is 1. The maximum atomic E-state index is 11.9. The Kier molecular flexibility index (Phi) is 5.30. The predicted molar refractivity (Wildman–Crippen MR) is 87.8 cm³/mol. The summed E-state index contributed by atoms with van der Waals surface area (Å²) in [5, 5.41) is 0. The number of hydrogen-bond donors (Lipinski definition) is 2. The molecular formula is C15H13BrN2O2S.